The second-order valence-electron chi connectivity index (χ2n) is 1.67. The third-order valence-electron chi connectivity index (χ3n) is 1.00. The van der Waals surface area contributed by atoms with Gasteiger partial charge in [0.25, 0.3) is 0 Å². The highest BCUT2D eigenvalue weighted by molar-refractivity contribution is 7.99. The summed E-state index contributed by atoms with van der Waals surface area (Å²) in [5.41, 5.74) is 0.0440. The molecule has 1 heterocycles. The predicted octanol–water partition coefficient (Wildman–Crippen LogP) is 0.805. The van der Waals surface area contributed by atoms with Crippen LogP contribution >= 0.6 is 11.8 Å². The van der Waals surface area contributed by atoms with E-state index in [-0.39, 0.29) is 11.5 Å². The molecule has 9 heavy (non-hydrogen) atoms. The molecule has 0 aromatic rings. The Kier molecular flexibility index (Phi) is 2.22. The Labute approximate surface area is 58.1 Å². The Morgan fingerprint density at radius 2 is 2.78 bits per heavy atom. The minimum Gasteiger partial charge on any atom is -0.433 e. The highest BCUT2D eigenvalue weighted by atomic mass is 32.2. The maximum absolute atomic E-state index is 10.4. The van der Waals surface area contributed by atoms with E-state index in [1.165, 1.54) is 0 Å². The van der Waals surface area contributed by atoms with Gasteiger partial charge in [0.05, 0.1) is 6.54 Å². The molecular formula is C5H9NO2S. The summed E-state index contributed by atoms with van der Waals surface area (Å²) in [5, 5.41) is 2.57. The summed E-state index contributed by atoms with van der Waals surface area (Å²) in [4.78, 5) is 10.4. The van der Waals surface area contributed by atoms with Gasteiger partial charge in [-0.05, 0) is 5.75 Å². The molecule has 1 amide bonds. The molecule has 0 aromatic heterocycles. The monoisotopic (exact) mass is 147 g/mol. The maximum Gasteiger partial charge on any atom is 0.408 e. The third kappa shape index (κ3) is 1.78. The van der Waals surface area contributed by atoms with Crippen LogP contribution < -0.4 is 5.32 Å². The van der Waals surface area contributed by atoms with Gasteiger partial charge in [0, 0.05) is 0 Å². The lowest BCUT2D eigenvalue weighted by atomic mass is 10.7. The summed E-state index contributed by atoms with van der Waals surface area (Å²) in [7, 11) is 0. The van der Waals surface area contributed by atoms with E-state index in [1.807, 2.05) is 6.92 Å². The van der Waals surface area contributed by atoms with E-state index in [0.717, 1.165) is 5.75 Å². The molecule has 1 saturated heterocycles. The zero-order valence-corrected chi connectivity index (χ0v) is 6.03. The van der Waals surface area contributed by atoms with E-state index in [4.69, 9.17) is 4.74 Å². The zero-order chi connectivity index (χ0) is 6.69. The van der Waals surface area contributed by atoms with Crippen LogP contribution in [0.1, 0.15) is 6.92 Å². The molecule has 1 rings (SSSR count). The quantitative estimate of drug-likeness (QED) is 0.628. The van der Waals surface area contributed by atoms with Gasteiger partial charge in [0.15, 0.2) is 5.44 Å². The van der Waals surface area contributed by atoms with Crippen molar-refractivity contribution in [2.45, 2.75) is 12.4 Å². The zero-order valence-electron chi connectivity index (χ0n) is 5.22. The first kappa shape index (κ1) is 6.74. The van der Waals surface area contributed by atoms with E-state index in [0.29, 0.717) is 6.54 Å². The van der Waals surface area contributed by atoms with E-state index in [9.17, 15) is 4.79 Å². The molecule has 1 fully saturated rings. The van der Waals surface area contributed by atoms with Crippen LogP contribution in [0.15, 0.2) is 0 Å². The number of carbonyl (C=O) groups excluding carboxylic acids is 1. The molecule has 4 heteroatoms. The Bertz CT molecular complexity index is 118. The second-order valence-corrected chi connectivity index (χ2v) is 3.11. The molecule has 0 aliphatic carbocycles. The van der Waals surface area contributed by atoms with Gasteiger partial charge in [0.2, 0.25) is 0 Å². The minimum absolute atomic E-state index is 0.0440. The molecule has 1 unspecified atom stereocenters. The molecule has 1 N–H and O–H groups in total. The van der Waals surface area contributed by atoms with E-state index < -0.39 is 0 Å². The number of hydrogen-bond acceptors (Lipinski definition) is 3. The standard InChI is InChI=1S/C5H9NO2S/c1-2-9-4-3-6-5(7)8-4/h4H,2-3H2,1H3,(H,6,7). The molecule has 0 saturated carbocycles. The van der Waals surface area contributed by atoms with Gasteiger partial charge >= 0.3 is 6.09 Å². The van der Waals surface area contributed by atoms with Crippen LogP contribution in [0.2, 0.25) is 0 Å². The Balaban J connectivity index is 2.22. The highest BCUT2D eigenvalue weighted by Crippen LogP contribution is 2.14. The fourth-order valence-electron chi connectivity index (χ4n) is 0.648. The van der Waals surface area contributed by atoms with Crippen molar-refractivity contribution in [3.63, 3.8) is 0 Å². The summed E-state index contributed by atoms with van der Waals surface area (Å²) in [5.74, 6) is 0.986. The molecule has 1 aliphatic rings. The van der Waals surface area contributed by atoms with E-state index in [1.54, 1.807) is 11.8 Å². The number of nitrogens with one attached hydrogen (secondary N) is 1. The average molecular weight is 147 g/mol. The number of amides is 1. The summed E-state index contributed by atoms with van der Waals surface area (Å²) in [6.45, 7) is 2.69. The lowest BCUT2D eigenvalue weighted by Gasteiger charge is -2.02. The predicted molar refractivity (Wildman–Crippen MR) is 36.4 cm³/mol. The number of alkyl carbamates (subject to hydrolysis) is 1. The molecule has 0 spiro atoms. The number of hydrogen-bond donors (Lipinski definition) is 1. The number of thioether (sulfide) groups is 1. The Morgan fingerprint density at radius 3 is 3.22 bits per heavy atom. The summed E-state index contributed by atoms with van der Waals surface area (Å²) in [6, 6.07) is 0. The number of ether oxygens (including phenoxy) is 1. The summed E-state index contributed by atoms with van der Waals surface area (Å²) in [6.07, 6.45) is -0.291. The van der Waals surface area contributed by atoms with Gasteiger partial charge in [0.1, 0.15) is 0 Å². The van der Waals surface area contributed by atoms with Crippen molar-refractivity contribution in [1.29, 1.82) is 0 Å². The van der Waals surface area contributed by atoms with Gasteiger partial charge in [-0.3, -0.25) is 0 Å². The normalized spacial score (nSPS) is 25.4. The van der Waals surface area contributed by atoms with Crippen LogP contribution in [0.3, 0.4) is 0 Å². The summed E-state index contributed by atoms with van der Waals surface area (Å²) >= 11 is 1.64. The van der Waals surface area contributed by atoms with Crippen LogP contribution in [0.25, 0.3) is 0 Å². The van der Waals surface area contributed by atoms with Crippen molar-refractivity contribution in [3.8, 4) is 0 Å². The van der Waals surface area contributed by atoms with Crippen molar-refractivity contribution in [2.24, 2.45) is 0 Å². The number of carbonyl (C=O) groups is 1. The lowest BCUT2D eigenvalue weighted by Crippen LogP contribution is -2.13. The average Bonchev–Trinajstić information content (AvgIpc) is 2.17. The molecule has 3 nitrogen and oxygen atoms in total. The van der Waals surface area contributed by atoms with Crippen molar-refractivity contribution < 1.29 is 9.53 Å². The molecular weight excluding hydrogens is 138 g/mol. The van der Waals surface area contributed by atoms with Crippen LogP contribution in [-0.4, -0.2) is 23.8 Å². The topological polar surface area (TPSA) is 38.3 Å². The minimum atomic E-state index is -0.291. The van der Waals surface area contributed by atoms with Crippen LogP contribution in [0, 0.1) is 0 Å². The number of rotatable bonds is 2. The smallest absolute Gasteiger partial charge is 0.408 e. The van der Waals surface area contributed by atoms with E-state index in [2.05, 4.69) is 5.32 Å². The molecule has 52 valence electrons. The Morgan fingerprint density at radius 1 is 2.00 bits per heavy atom. The van der Waals surface area contributed by atoms with Gasteiger partial charge in [-0.15, -0.1) is 11.8 Å². The van der Waals surface area contributed by atoms with Gasteiger partial charge in [-0.1, -0.05) is 6.92 Å². The molecule has 0 bridgehead atoms. The fourth-order valence-corrected chi connectivity index (χ4v) is 1.38. The first-order chi connectivity index (χ1) is 4.33. The molecule has 1 atom stereocenters. The Hall–Kier alpha value is -0.380. The second kappa shape index (κ2) is 2.96. The summed E-state index contributed by atoms with van der Waals surface area (Å²) < 4.78 is 4.81. The molecule has 0 aromatic carbocycles. The van der Waals surface area contributed by atoms with Crippen molar-refractivity contribution in [3.05, 3.63) is 0 Å². The van der Waals surface area contributed by atoms with Gasteiger partial charge in [-0.2, -0.15) is 0 Å². The first-order valence-electron chi connectivity index (χ1n) is 2.89. The van der Waals surface area contributed by atoms with Crippen LogP contribution in [-0.2, 0) is 4.74 Å². The van der Waals surface area contributed by atoms with Gasteiger partial charge < -0.3 is 10.1 Å². The third-order valence-corrected chi connectivity index (χ3v) is 1.97. The van der Waals surface area contributed by atoms with E-state index >= 15 is 0 Å². The highest BCUT2D eigenvalue weighted by Gasteiger charge is 2.21. The van der Waals surface area contributed by atoms with Crippen molar-refractivity contribution in [2.75, 3.05) is 12.3 Å². The molecule has 1 aliphatic heterocycles. The largest absolute Gasteiger partial charge is 0.433 e. The van der Waals surface area contributed by atoms with Crippen LogP contribution in [0.5, 0.6) is 0 Å². The molecule has 0 radical (unpaired) electrons. The number of cyclic esters (lactones) is 1. The maximum atomic E-state index is 10.4. The van der Waals surface area contributed by atoms with Crippen LogP contribution in [0.4, 0.5) is 4.79 Å². The SMILES string of the molecule is CCSC1CNC(=O)O1. The fraction of sp³-hybridized carbons (Fsp3) is 0.800. The van der Waals surface area contributed by atoms with Crippen molar-refractivity contribution >= 4 is 17.9 Å². The van der Waals surface area contributed by atoms with Gasteiger partial charge in [-0.25, -0.2) is 4.79 Å². The van der Waals surface area contributed by atoms with Crippen molar-refractivity contribution in [1.82, 2.24) is 5.32 Å². The lowest BCUT2D eigenvalue weighted by molar-refractivity contribution is 0.170. The first-order valence-corrected chi connectivity index (χ1v) is 3.94.